The van der Waals surface area contributed by atoms with E-state index < -0.39 is 12.0 Å². The number of rotatable bonds is 8. The third-order valence-electron chi connectivity index (χ3n) is 6.03. The van der Waals surface area contributed by atoms with E-state index in [0.29, 0.717) is 23.0 Å². The fraction of sp³-hybridized carbons (Fsp3) is 0.250. The quantitative estimate of drug-likeness (QED) is 0.381. The molecule has 0 fully saturated rings. The van der Waals surface area contributed by atoms with Gasteiger partial charge in [0, 0.05) is 12.2 Å². The number of ether oxygens (including phenoxy) is 1. The molecule has 1 unspecified atom stereocenters. The summed E-state index contributed by atoms with van der Waals surface area (Å²) >= 11 is 1.43. The first-order valence-electron chi connectivity index (χ1n) is 11.6. The Morgan fingerprint density at radius 1 is 1.19 bits per heavy atom. The van der Waals surface area contributed by atoms with E-state index >= 15 is 0 Å². The van der Waals surface area contributed by atoms with Crippen molar-refractivity contribution in [2.24, 2.45) is 4.99 Å². The number of carbonyl (C=O) groups is 2. The number of nitrogens with one attached hydrogen (secondary N) is 1. The number of carbonyl (C=O) groups excluding carboxylic acids is 2. The number of fused-ring (bicyclic) bond motifs is 1. The van der Waals surface area contributed by atoms with E-state index in [-0.39, 0.29) is 24.8 Å². The normalized spacial score (nSPS) is 16.8. The van der Waals surface area contributed by atoms with Crippen molar-refractivity contribution < 1.29 is 18.7 Å². The number of allylic oxidation sites excluding steroid dienone is 1. The topological polar surface area (TPSA) is 71.0 Å². The molecule has 1 N–H and O–H groups in total. The average molecular weight is 506 g/mol. The van der Waals surface area contributed by atoms with Gasteiger partial charge in [0.2, 0.25) is 5.91 Å². The minimum Gasteiger partial charge on any atom is -0.458 e. The van der Waals surface area contributed by atoms with Crippen molar-refractivity contribution in [1.82, 2.24) is 10.2 Å². The molecule has 1 atom stereocenters. The van der Waals surface area contributed by atoms with Crippen LogP contribution in [0.5, 0.6) is 0 Å². The molecular weight excluding hydrogens is 477 g/mol. The monoisotopic (exact) mass is 505 g/mol. The molecule has 0 spiro atoms. The fourth-order valence-electron chi connectivity index (χ4n) is 4.22. The minimum absolute atomic E-state index is 0.0922. The Bertz CT molecular complexity index is 1300. The lowest BCUT2D eigenvalue weighted by Crippen LogP contribution is -2.38. The van der Waals surface area contributed by atoms with E-state index in [4.69, 9.17) is 4.74 Å². The summed E-state index contributed by atoms with van der Waals surface area (Å²) in [6, 6.07) is 11.6. The number of aryl methyl sites for hydroxylation is 2. The van der Waals surface area contributed by atoms with Crippen molar-refractivity contribution in [2.45, 2.75) is 39.8 Å². The molecular formula is C28H28FN3O3S. The fourth-order valence-corrected chi connectivity index (χ4v) is 5.19. The van der Waals surface area contributed by atoms with Gasteiger partial charge in [-0.3, -0.25) is 4.79 Å². The molecule has 0 aromatic heterocycles. The maximum Gasteiger partial charge on any atom is 0.338 e. The summed E-state index contributed by atoms with van der Waals surface area (Å²) in [5.74, 6) is -0.967. The van der Waals surface area contributed by atoms with Gasteiger partial charge in [0.15, 0.2) is 5.17 Å². The zero-order chi connectivity index (χ0) is 25.8. The first kappa shape index (κ1) is 25.4. The summed E-state index contributed by atoms with van der Waals surface area (Å²) < 4.78 is 18.6. The molecule has 2 aliphatic rings. The first-order chi connectivity index (χ1) is 17.3. The SMILES string of the molecule is C=CCOC(=O)C1=C(C)N=C2SC=C(CC(=O)NCc3ccc(F)cc3)N2C1c1cc(C)ccc1C. The van der Waals surface area contributed by atoms with Crippen LogP contribution in [0.3, 0.4) is 0 Å². The van der Waals surface area contributed by atoms with Gasteiger partial charge in [0.25, 0.3) is 0 Å². The summed E-state index contributed by atoms with van der Waals surface area (Å²) in [4.78, 5) is 32.7. The van der Waals surface area contributed by atoms with Crippen molar-refractivity contribution >= 4 is 28.8 Å². The number of thioether (sulfide) groups is 1. The minimum atomic E-state index is -0.485. The summed E-state index contributed by atoms with van der Waals surface area (Å²) in [6.07, 6.45) is 1.63. The summed E-state index contributed by atoms with van der Waals surface area (Å²) in [5, 5.41) is 5.50. The van der Waals surface area contributed by atoms with Crippen LogP contribution in [0.2, 0.25) is 0 Å². The van der Waals surface area contributed by atoms with E-state index in [0.717, 1.165) is 28.0 Å². The number of hydrogen-bond donors (Lipinski definition) is 1. The lowest BCUT2D eigenvalue weighted by molar-refractivity contribution is -0.138. The van der Waals surface area contributed by atoms with Gasteiger partial charge < -0.3 is 15.0 Å². The summed E-state index contributed by atoms with van der Waals surface area (Å²) in [6.45, 7) is 9.83. The Hall–Kier alpha value is -3.65. The van der Waals surface area contributed by atoms with Crippen LogP contribution in [0, 0.1) is 19.7 Å². The van der Waals surface area contributed by atoms with Gasteiger partial charge in [-0.2, -0.15) is 0 Å². The van der Waals surface area contributed by atoms with Crippen LogP contribution in [-0.2, 0) is 20.9 Å². The second kappa shape index (κ2) is 11.0. The number of amides is 1. The number of amidine groups is 1. The second-order valence-corrected chi connectivity index (χ2v) is 9.56. The van der Waals surface area contributed by atoms with Crippen LogP contribution in [-0.4, -0.2) is 28.6 Å². The van der Waals surface area contributed by atoms with Crippen molar-refractivity contribution in [2.75, 3.05) is 6.61 Å². The molecule has 0 bridgehead atoms. The van der Waals surface area contributed by atoms with E-state index in [9.17, 15) is 14.0 Å². The van der Waals surface area contributed by atoms with Gasteiger partial charge in [-0.15, -0.1) is 0 Å². The van der Waals surface area contributed by atoms with Crippen LogP contribution < -0.4 is 5.32 Å². The lowest BCUT2D eigenvalue weighted by Gasteiger charge is -2.37. The zero-order valence-corrected chi connectivity index (χ0v) is 21.3. The maximum absolute atomic E-state index is 13.2. The van der Waals surface area contributed by atoms with Crippen LogP contribution >= 0.6 is 11.8 Å². The van der Waals surface area contributed by atoms with Gasteiger partial charge >= 0.3 is 5.97 Å². The number of aliphatic imine (C=N–C) groups is 1. The molecule has 2 aliphatic heterocycles. The van der Waals surface area contributed by atoms with E-state index in [1.807, 2.05) is 36.3 Å². The van der Waals surface area contributed by atoms with Gasteiger partial charge in [0.1, 0.15) is 12.4 Å². The highest BCUT2D eigenvalue weighted by Crippen LogP contribution is 2.45. The predicted molar refractivity (Wildman–Crippen MR) is 140 cm³/mol. The largest absolute Gasteiger partial charge is 0.458 e. The Kier molecular flexibility index (Phi) is 7.74. The molecule has 0 saturated carbocycles. The molecule has 2 aromatic carbocycles. The number of hydrogen-bond acceptors (Lipinski definition) is 6. The summed E-state index contributed by atoms with van der Waals surface area (Å²) in [7, 11) is 0. The highest BCUT2D eigenvalue weighted by Gasteiger charge is 2.41. The molecule has 0 radical (unpaired) electrons. The highest BCUT2D eigenvalue weighted by molar-refractivity contribution is 8.16. The van der Waals surface area contributed by atoms with Gasteiger partial charge in [-0.25, -0.2) is 14.2 Å². The molecule has 1 amide bonds. The molecule has 4 rings (SSSR count). The van der Waals surface area contributed by atoms with Crippen LogP contribution in [0.25, 0.3) is 0 Å². The summed E-state index contributed by atoms with van der Waals surface area (Å²) in [5.41, 5.74) is 5.60. The van der Waals surface area contributed by atoms with Crippen LogP contribution in [0.15, 0.2) is 82.5 Å². The molecule has 36 heavy (non-hydrogen) atoms. The standard InChI is InChI=1S/C28H28FN3O3S/c1-5-12-35-27(34)25-19(4)31-28-32(26(25)23-13-17(2)6-7-18(23)3)22(16-36-28)14-24(33)30-15-20-8-10-21(29)11-9-20/h5-11,13,16,26H,1,12,14-15H2,2-4H3,(H,30,33). The molecule has 2 aromatic rings. The maximum atomic E-state index is 13.2. The lowest BCUT2D eigenvalue weighted by atomic mass is 9.90. The number of benzene rings is 2. The highest BCUT2D eigenvalue weighted by atomic mass is 32.2. The van der Waals surface area contributed by atoms with E-state index in [1.54, 1.807) is 19.1 Å². The van der Waals surface area contributed by atoms with Crippen LogP contribution in [0.1, 0.15) is 41.6 Å². The number of halogens is 1. The molecule has 0 aliphatic carbocycles. The third-order valence-corrected chi connectivity index (χ3v) is 6.92. The van der Waals surface area contributed by atoms with Crippen LogP contribution in [0.4, 0.5) is 4.39 Å². The molecule has 8 heteroatoms. The zero-order valence-electron chi connectivity index (χ0n) is 20.5. The van der Waals surface area contributed by atoms with Crippen molar-refractivity contribution in [3.63, 3.8) is 0 Å². The predicted octanol–water partition coefficient (Wildman–Crippen LogP) is 5.45. The van der Waals surface area contributed by atoms with E-state index in [2.05, 4.69) is 23.0 Å². The smallest absolute Gasteiger partial charge is 0.338 e. The Labute approximate surface area is 214 Å². The third kappa shape index (κ3) is 5.44. The van der Waals surface area contributed by atoms with Gasteiger partial charge in [-0.1, -0.05) is 60.3 Å². The van der Waals surface area contributed by atoms with Crippen molar-refractivity contribution in [3.8, 4) is 0 Å². The Morgan fingerprint density at radius 2 is 1.94 bits per heavy atom. The molecule has 2 heterocycles. The van der Waals surface area contributed by atoms with Crippen molar-refractivity contribution in [3.05, 3.63) is 106 Å². The second-order valence-electron chi connectivity index (χ2n) is 8.72. The first-order valence-corrected chi connectivity index (χ1v) is 12.5. The Balaban J connectivity index is 1.63. The van der Waals surface area contributed by atoms with E-state index in [1.165, 1.54) is 30.0 Å². The molecule has 6 nitrogen and oxygen atoms in total. The number of nitrogens with zero attached hydrogens (tertiary/aromatic N) is 2. The number of esters is 1. The van der Waals surface area contributed by atoms with Gasteiger partial charge in [-0.05, 0) is 55.0 Å². The Morgan fingerprint density at radius 3 is 2.67 bits per heavy atom. The van der Waals surface area contributed by atoms with Crippen molar-refractivity contribution in [1.29, 1.82) is 0 Å². The molecule has 186 valence electrons. The molecule has 0 saturated heterocycles. The average Bonchev–Trinajstić information content (AvgIpc) is 3.24. The van der Waals surface area contributed by atoms with Gasteiger partial charge in [0.05, 0.1) is 23.7 Å².